The molecule has 100 valence electrons. The first-order valence-electron chi connectivity index (χ1n) is 6.13. The Balaban J connectivity index is 0.00000144. The van der Waals surface area contributed by atoms with Crippen LogP contribution in [0.3, 0.4) is 0 Å². The summed E-state index contributed by atoms with van der Waals surface area (Å²) in [6, 6.07) is 0. The standard InChI is InChI=1S/C11H21N3O2.ClH/c1-16-11(15)12-3-2-7-14-8-4-13(5-9-14)6-10-14;/h2-10H2,1H3;1H. The number of nitrogens with one attached hydrogen (secondary N) is 1. The molecule has 3 aliphatic rings. The number of carbonyl (C=O) groups is 1. The molecule has 0 saturated carbocycles. The van der Waals surface area contributed by atoms with E-state index in [0.29, 0.717) is 0 Å². The molecule has 0 spiro atoms. The Morgan fingerprint density at radius 3 is 2.41 bits per heavy atom. The van der Waals surface area contributed by atoms with Crippen molar-refractivity contribution in [3.05, 3.63) is 0 Å². The molecule has 0 unspecified atom stereocenters. The number of carbonyl (C=O) groups excluding carboxylic acids is 1. The monoisotopic (exact) mass is 263 g/mol. The summed E-state index contributed by atoms with van der Waals surface area (Å²) in [5.41, 5.74) is 0. The summed E-state index contributed by atoms with van der Waals surface area (Å²) < 4.78 is 5.80. The molecule has 1 N–H and O–H groups in total. The first kappa shape index (κ1) is 14.5. The van der Waals surface area contributed by atoms with E-state index < -0.39 is 0 Å². The number of nitrogens with zero attached hydrogens (tertiary/aromatic N) is 2. The fourth-order valence-corrected chi connectivity index (χ4v) is 2.74. The Morgan fingerprint density at radius 2 is 1.88 bits per heavy atom. The minimum Gasteiger partial charge on any atom is -1.00 e. The molecular formula is C11H22ClN3O2. The number of methoxy groups -OCH3 is 1. The van der Waals surface area contributed by atoms with E-state index in [2.05, 4.69) is 15.0 Å². The van der Waals surface area contributed by atoms with Crippen molar-refractivity contribution in [1.29, 1.82) is 0 Å². The topological polar surface area (TPSA) is 41.6 Å². The molecule has 0 radical (unpaired) electrons. The maximum absolute atomic E-state index is 10.9. The number of rotatable bonds is 4. The van der Waals surface area contributed by atoms with Gasteiger partial charge in [0.05, 0.1) is 33.3 Å². The lowest BCUT2D eigenvalue weighted by atomic mass is 10.1. The first-order chi connectivity index (χ1) is 7.74. The Morgan fingerprint density at radius 1 is 1.29 bits per heavy atom. The average Bonchev–Trinajstić information content (AvgIpc) is 2.36. The first-order valence-corrected chi connectivity index (χ1v) is 6.13. The third-order valence-electron chi connectivity index (χ3n) is 3.94. The summed E-state index contributed by atoms with van der Waals surface area (Å²) in [5, 5.41) is 2.74. The zero-order chi connectivity index (χ0) is 11.4. The molecule has 1 amide bonds. The summed E-state index contributed by atoms with van der Waals surface area (Å²) in [6.45, 7) is 9.56. The maximum Gasteiger partial charge on any atom is 0.406 e. The average molecular weight is 264 g/mol. The van der Waals surface area contributed by atoms with Gasteiger partial charge in [0.2, 0.25) is 0 Å². The number of hydrogen-bond donors (Lipinski definition) is 1. The van der Waals surface area contributed by atoms with Crippen LogP contribution >= 0.6 is 0 Å². The molecule has 6 heteroatoms. The quantitative estimate of drug-likeness (QED) is 0.431. The number of quaternary nitrogens is 1. The molecule has 3 rings (SSSR count). The van der Waals surface area contributed by atoms with E-state index in [1.54, 1.807) is 0 Å². The van der Waals surface area contributed by atoms with Crippen LogP contribution in [0, 0.1) is 0 Å². The summed E-state index contributed by atoms with van der Waals surface area (Å²) in [7, 11) is 1.40. The van der Waals surface area contributed by atoms with Crippen molar-refractivity contribution in [1.82, 2.24) is 10.2 Å². The van der Waals surface area contributed by atoms with Gasteiger partial charge in [0.1, 0.15) is 0 Å². The zero-order valence-corrected chi connectivity index (χ0v) is 11.2. The third-order valence-corrected chi connectivity index (χ3v) is 3.94. The molecule has 3 fully saturated rings. The van der Waals surface area contributed by atoms with Gasteiger partial charge in [-0.15, -0.1) is 0 Å². The highest BCUT2D eigenvalue weighted by Gasteiger charge is 2.37. The summed E-state index contributed by atoms with van der Waals surface area (Å²) >= 11 is 0. The highest BCUT2D eigenvalue weighted by atomic mass is 35.5. The molecule has 0 aliphatic carbocycles. The molecule has 3 heterocycles. The lowest BCUT2D eigenvalue weighted by Gasteiger charge is -2.50. The van der Waals surface area contributed by atoms with Gasteiger partial charge < -0.3 is 26.9 Å². The molecule has 2 bridgehead atoms. The number of hydrogen-bond acceptors (Lipinski definition) is 3. The van der Waals surface area contributed by atoms with Crippen LogP contribution in [0.4, 0.5) is 4.79 Å². The smallest absolute Gasteiger partial charge is 0.406 e. The molecule has 0 aromatic carbocycles. The maximum atomic E-state index is 10.9. The van der Waals surface area contributed by atoms with Crippen molar-refractivity contribution >= 4 is 6.09 Å². The van der Waals surface area contributed by atoms with Crippen LogP contribution in [-0.4, -0.2) is 74.9 Å². The van der Waals surface area contributed by atoms with E-state index >= 15 is 0 Å². The largest absolute Gasteiger partial charge is 1.00 e. The van der Waals surface area contributed by atoms with Gasteiger partial charge in [0, 0.05) is 32.6 Å². The fourth-order valence-electron chi connectivity index (χ4n) is 2.74. The highest BCUT2D eigenvalue weighted by Crippen LogP contribution is 2.19. The summed E-state index contributed by atoms with van der Waals surface area (Å²) in [5.74, 6) is 0. The molecule has 5 nitrogen and oxygen atoms in total. The van der Waals surface area contributed by atoms with Crippen molar-refractivity contribution in [3.63, 3.8) is 0 Å². The Hall–Kier alpha value is -0.520. The van der Waals surface area contributed by atoms with Gasteiger partial charge in [-0.3, -0.25) is 4.90 Å². The van der Waals surface area contributed by atoms with E-state index in [1.165, 1.54) is 57.4 Å². The Labute approximate surface area is 109 Å². The van der Waals surface area contributed by atoms with Crippen molar-refractivity contribution in [2.75, 3.05) is 59.5 Å². The van der Waals surface area contributed by atoms with Gasteiger partial charge in [-0.2, -0.15) is 0 Å². The predicted molar refractivity (Wildman–Crippen MR) is 61.2 cm³/mol. The van der Waals surface area contributed by atoms with E-state index in [4.69, 9.17) is 0 Å². The molecule has 3 saturated heterocycles. The third kappa shape index (κ3) is 3.72. The summed E-state index contributed by atoms with van der Waals surface area (Å²) in [6.07, 6.45) is 0.734. The van der Waals surface area contributed by atoms with Gasteiger partial charge in [0.25, 0.3) is 0 Å². The van der Waals surface area contributed by atoms with Crippen LogP contribution < -0.4 is 17.7 Å². The SMILES string of the molecule is COC(=O)NCCC[N+]12CCN(CC1)CC2.[Cl-]. The zero-order valence-electron chi connectivity index (χ0n) is 10.5. The summed E-state index contributed by atoms with van der Waals surface area (Å²) in [4.78, 5) is 13.4. The van der Waals surface area contributed by atoms with Crippen LogP contribution in [0.15, 0.2) is 0 Å². The van der Waals surface area contributed by atoms with Gasteiger partial charge in [0.15, 0.2) is 0 Å². The molecule has 0 aromatic rings. The van der Waals surface area contributed by atoms with Crippen molar-refractivity contribution in [2.24, 2.45) is 0 Å². The van der Waals surface area contributed by atoms with E-state index in [0.717, 1.165) is 13.0 Å². The lowest BCUT2D eigenvalue weighted by molar-refractivity contribution is -0.941. The molecule has 17 heavy (non-hydrogen) atoms. The van der Waals surface area contributed by atoms with Crippen molar-refractivity contribution in [2.45, 2.75) is 6.42 Å². The molecular weight excluding hydrogens is 242 g/mol. The number of halogens is 1. The number of amides is 1. The molecule has 3 aliphatic heterocycles. The van der Waals surface area contributed by atoms with E-state index in [9.17, 15) is 4.79 Å². The van der Waals surface area contributed by atoms with E-state index in [-0.39, 0.29) is 18.5 Å². The fraction of sp³-hybridized carbons (Fsp3) is 0.909. The van der Waals surface area contributed by atoms with Crippen LogP contribution in [0.5, 0.6) is 0 Å². The molecule has 0 aromatic heterocycles. The van der Waals surface area contributed by atoms with Crippen LogP contribution in [0.1, 0.15) is 6.42 Å². The Bertz CT molecular complexity index is 241. The van der Waals surface area contributed by atoms with E-state index in [1.807, 2.05) is 0 Å². The minimum atomic E-state index is -0.316. The van der Waals surface area contributed by atoms with Gasteiger partial charge >= 0.3 is 6.09 Å². The van der Waals surface area contributed by atoms with Crippen molar-refractivity contribution < 1.29 is 26.4 Å². The predicted octanol–water partition coefficient (Wildman–Crippen LogP) is -3.12. The van der Waals surface area contributed by atoms with Gasteiger partial charge in [-0.05, 0) is 0 Å². The molecule has 0 atom stereocenters. The number of piperazine rings is 3. The number of fused-ring (bicyclic) bond motifs is 3. The normalized spacial score (nSPS) is 30.5. The minimum absolute atomic E-state index is 0. The van der Waals surface area contributed by atoms with Crippen molar-refractivity contribution in [3.8, 4) is 0 Å². The number of alkyl carbamates (subject to hydrolysis) is 1. The Kier molecular flexibility index (Phi) is 5.49. The second kappa shape index (κ2) is 6.42. The van der Waals surface area contributed by atoms with Gasteiger partial charge in [-0.1, -0.05) is 0 Å². The second-order valence-electron chi connectivity index (χ2n) is 4.85. The van der Waals surface area contributed by atoms with Crippen LogP contribution in [0.2, 0.25) is 0 Å². The number of ether oxygens (including phenoxy) is 1. The van der Waals surface area contributed by atoms with Crippen LogP contribution in [0.25, 0.3) is 0 Å². The highest BCUT2D eigenvalue weighted by molar-refractivity contribution is 5.66. The van der Waals surface area contributed by atoms with Crippen LogP contribution in [-0.2, 0) is 4.74 Å². The van der Waals surface area contributed by atoms with Gasteiger partial charge in [-0.25, -0.2) is 4.79 Å². The second-order valence-corrected chi connectivity index (χ2v) is 4.85. The lowest BCUT2D eigenvalue weighted by Crippen LogP contribution is -3.00.